The fraction of sp³-hybridized carbons (Fsp3) is 0.222. The molecule has 2 nitrogen and oxygen atoms in total. The fourth-order valence-corrected chi connectivity index (χ4v) is 2.84. The van der Waals surface area contributed by atoms with Crippen LogP contribution in [0.25, 0.3) is 0 Å². The van der Waals surface area contributed by atoms with E-state index in [1.165, 1.54) is 0 Å². The summed E-state index contributed by atoms with van der Waals surface area (Å²) in [5.41, 5.74) is 4.08. The summed E-state index contributed by atoms with van der Waals surface area (Å²) in [6, 6.07) is 13.1. The molecule has 100 valence electrons. The highest BCUT2D eigenvalue weighted by atomic mass is 16.1. The number of ketones is 2. The second kappa shape index (κ2) is 5.04. The van der Waals surface area contributed by atoms with E-state index in [9.17, 15) is 9.59 Å². The summed E-state index contributed by atoms with van der Waals surface area (Å²) in [7, 11) is 0. The van der Waals surface area contributed by atoms with E-state index >= 15 is 0 Å². The van der Waals surface area contributed by atoms with Gasteiger partial charge in [-0.2, -0.15) is 0 Å². The third-order valence-electron chi connectivity index (χ3n) is 3.83. The predicted molar refractivity (Wildman–Crippen MR) is 78.4 cm³/mol. The Morgan fingerprint density at radius 1 is 1.05 bits per heavy atom. The first kappa shape index (κ1) is 12.8. The van der Waals surface area contributed by atoms with Crippen LogP contribution in [0, 0.1) is 0 Å². The zero-order valence-electron chi connectivity index (χ0n) is 11.5. The summed E-state index contributed by atoms with van der Waals surface area (Å²) in [5.74, 6) is 0.171. The summed E-state index contributed by atoms with van der Waals surface area (Å²) in [5, 5.41) is 0. The minimum Gasteiger partial charge on any atom is -0.294 e. The molecule has 20 heavy (non-hydrogen) atoms. The zero-order valence-corrected chi connectivity index (χ0v) is 11.5. The molecule has 1 aliphatic rings. The van der Waals surface area contributed by atoms with Gasteiger partial charge in [0.1, 0.15) is 0 Å². The molecule has 0 heterocycles. The molecule has 3 rings (SSSR count). The molecule has 2 aromatic carbocycles. The van der Waals surface area contributed by atoms with Crippen LogP contribution in [0.5, 0.6) is 0 Å². The molecule has 0 fully saturated rings. The van der Waals surface area contributed by atoms with Crippen molar-refractivity contribution >= 4 is 11.6 Å². The maximum absolute atomic E-state index is 12.5. The minimum atomic E-state index is 0.0352. The van der Waals surface area contributed by atoms with Crippen LogP contribution >= 0.6 is 0 Å². The molecule has 0 saturated heterocycles. The van der Waals surface area contributed by atoms with Crippen molar-refractivity contribution in [2.24, 2.45) is 0 Å². The Bertz CT molecular complexity index is 698. The highest BCUT2D eigenvalue weighted by Gasteiger charge is 2.26. The van der Waals surface area contributed by atoms with Gasteiger partial charge >= 0.3 is 0 Å². The lowest BCUT2D eigenvalue weighted by Crippen LogP contribution is -2.18. The second-order valence-corrected chi connectivity index (χ2v) is 5.17. The van der Waals surface area contributed by atoms with E-state index in [2.05, 4.69) is 0 Å². The van der Waals surface area contributed by atoms with Crippen molar-refractivity contribution in [3.05, 3.63) is 70.3 Å². The number of hydrogen-bond donors (Lipinski definition) is 0. The molecule has 0 aromatic heterocycles. The molecule has 0 aliphatic heterocycles. The maximum Gasteiger partial charge on any atom is 0.193 e. The van der Waals surface area contributed by atoms with Gasteiger partial charge in [0.15, 0.2) is 11.6 Å². The quantitative estimate of drug-likeness (QED) is 0.674. The smallest absolute Gasteiger partial charge is 0.193 e. The van der Waals surface area contributed by atoms with E-state index in [0.29, 0.717) is 24.0 Å². The lowest BCUT2D eigenvalue weighted by atomic mass is 9.81. The van der Waals surface area contributed by atoms with Crippen LogP contribution < -0.4 is 0 Å². The van der Waals surface area contributed by atoms with Gasteiger partial charge in [-0.1, -0.05) is 49.4 Å². The van der Waals surface area contributed by atoms with Crippen LogP contribution in [0.3, 0.4) is 0 Å². The average Bonchev–Trinajstić information content (AvgIpc) is 2.47. The zero-order chi connectivity index (χ0) is 14.1. The lowest BCUT2D eigenvalue weighted by molar-refractivity contribution is 0.0981. The van der Waals surface area contributed by atoms with Crippen LogP contribution in [0.4, 0.5) is 0 Å². The van der Waals surface area contributed by atoms with E-state index in [-0.39, 0.29) is 11.6 Å². The highest BCUT2D eigenvalue weighted by molar-refractivity contribution is 6.14. The van der Waals surface area contributed by atoms with Gasteiger partial charge in [-0.25, -0.2) is 0 Å². The number of carbonyl (C=O) groups is 2. The van der Waals surface area contributed by atoms with Crippen molar-refractivity contribution < 1.29 is 9.59 Å². The molecule has 2 heteroatoms. The third kappa shape index (κ3) is 1.97. The van der Waals surface area contributed by atoms with Crippen LogP contribution in [-0.2, 0) is 6.42 Å². The number of benzene rings is 2. The molecule has 0 spiro atoms. The standard InChI is InChI=1S/C18H16O2/c1-2-6-17(19)14-9-5-10-15-16(14)11-12-7-3-4-8-13(12)18(15)20/h3-5,7-10H,2,6,11H2,1H3. The average molecular weight is 264 g/mol. The van der Waals surface area contributed by atoms with E-state index in [1.54, 1.807) is 0 Å². The van der Waals surface area contributed by atoms with Crippen LogP contribution in [0.1, 0.15) is 57.2 Å². The summed E-state index contributed by atoms with van der Waals surface area (Å²) in [6.07, 6.45) is 2.03. The first-order valence-electron chi connectivity index (χ1n) is 7.00. The number of Topliss-reactive ketones (excluding diaryl/α,β-unsaturated/α-hetero) is 1. The van der Waals surface area contributed by atoms with Crippen molar-refractivity contribution in [3.8, 4) is 0 Å². The topological polar surface area (TPSA) is 34.1 Å². The molecular weight excluding hydrogens is 248 g/mol. The number of fused-ring (bicyclic) bond motifs is 2. The van der Waals surface area contributed by atoms with Crippen molar-refractivity contribution in [3.63, 3.8) is 0 Å². The van der Waals surface area contributed by atoms with Gasteiger partial charge in [0, 0.05) is 23.1 Å². The van der Waals surface area contributed by atoms with Crippen LogP contribution in [-0.4, -0.2) is 11.6 Å². The van der Waals surface area contributed by atoms with Gasteiger partial charge in [-0.05, 0) is 24.0 Å². The molecule has 0 atom stereocenters. The van der Waals surface area contributed by atoms with Crippen molar-refractivity contribution in [1.29, 1.82) is 0 Å². The summed E-state index contributed by atoms with van der Waals surface area (Å²) in [4.78, 5) is 24.8. The molecule has 0 saturated carbocycles. The first-order valence-corrected chi connectivity index (χ1v) is 7.00. The largest absolute Gasteiger partial charge is 0.294 e. The molecule has 1 aliphatic carbocycles. The first-order chi connectivity index (χ1) is 9.72. The van der Waals surface area contributed by atoms with Crippen LogP contribution in [0.2, 0.25) is 0 Å². The predicted octanol–water partition coefficient (Wildman–Crippen LogP) is 3.80. The normalized spacial score (nSPS) is 12.8. The molecule has 0 amide bonds. The Kier molecular flexibility index (Phi) is 3.23. The van der Waals surface area contributed by atoms with Gasteiger partial charge in [0.2, 0.25) is 0 Å². The van der Waals surface area contributed by atoms with Gasteiger partial charge in [-0.15, -0.1) is 0 Å². The molecule has 2 aromatic rings. The van der Waals surface area contributed by atoms with Crippen molar-refractivity contribution in [1.82, 2.24) is 0 Å². The summed E-state index contributed by atoms with van der Waals surface area (Å²) >= 11 is 0. The summed E-state index contributed by atoms with van der Waals surface area (Å²) in [6.45, 7) is 1.99. The number of rotatable bonds is 3. The number of hydrogen-bond acceptors (Lipinski definition) is 2. The number of carbonyl (C=O) groups excluding carboxylic acids is 2. The monoisotopic (exact) mass is 264 g/mol. The van der Waals surface area contributed by atoms with E-state index < -0.39 is 0 Å². The fourth-order valence-electron chi connectivity index (χ4n) is 2.84. The molecule has 0 unspecified atom stereocenters. The minimum absolute atomic E-state index is 0.0352. The van der Waals surface area contributed by atoms with Crippen molar-refractivity contribution in [2.45, 2.75) is 26.2 Å². The lowest BCUT2D eigenvalue weighted by Gasteiger charge is -2.20. The Morgan fingerprint density at radius 2 is 1.80 bits per heavy atom. The van der Waals surface area contributed by atoms with Gasteiger partial charge in [-0.3, -0.25) is 9.59 Å². The Labute approximate surface area is 118 Å². The Balaban J connectivity index is 2.13. The Hall–Kier alpha value is -2.22. The summed E-state index contributed by atoms with van der Waals surface area (Å²) < 4.78 is 0. The van der Waals surface area contributed by atoms with E-state index in [1.807, 2.05) is 49.4 Å². The SMILES string of the molecule is CCCC(=O)c1cccc2c1Cc1ccccc1C2=O. The van der Waals surface area contributed by atoms with E-state index in [0.717, 1.165) is 23.1 Å². The molecule has 0 N–H and O–H groups in total. The second-order valence-electron chi connectivity index (χ2n) is 5.17. The molecular formula is C18H16O2. The van der Waals surface area contributed by atoms with Gasteiger partial charge in [0.05, 0.1) is 0 Å². The van der Waals surface area contributed by atoms with Gasteiger partial charge in [0.25, 0.3) is 0 Å². The van der Waals surface area contributed by atoms with Crippen molar-refractivity contribution in [2.75, 3.05) is 0 Å². The maximum atomic E-state index is 12.5. The Morgan fingerprint density at radius 3 is 2.60 bits per heavy atom. The highest BCUT2D eigenvalue weighted by Crippen LogP contribution is 2.29. The van der Waals surface area contributed by atoms with Gasteiger partial charge < -0.3 is 0 Å². The van der Waals surface area contributed by atoms with Crippen LogP contribution in [0.15, 0.2) is 42.5 Å². The third-order valence-corrected chi connectivity index (χ3v) is 3.83. The molecule has 0 bridgehead atoms. The van der Waals surface area contributed by atoms with E-state index in [4.69, 9.17) is 0 Å². The molecule has 0 radical (unpaired) electrons.